The molecular weight excluding hydrogens is 524 g/mol. The molecule has 0 rings (SSSR count). The molecule has 2 unspecified atom stereocenters. The zero-order valence-electron chi connectivity index (χ0n) is 30.0. The SMILES string of the molecule is CCCCCCCC/C=C\CCCCCCC(CCCCCC(CCCCCCC)CCCCCCCCCC)C(=O)O. The van der Waals surface area contributed by atoms with Crippen LogP contribution in [0, 0.1) is 11.8 Å². The average molecular weight is 605 g/mol. The van der Waals surface area contributed by atoms with Crippen LogP contribution in [0.4, 0.5) is 0 Å². The number of hydrogen-bond donors (Lipinski definition) is 1. The lowest BCUT2D eigenvalue weighted by Gasteiger charge is -2.17. The quantitative estimate of drug-likeness (QED) is 0.0570. The second-order valence-electron chi connectivity index (χ2n) is 14.0. The fourth-order valence-electron chi connectivity index (χ4n) is 6.71. The highest BCUT2D eigenvalue weighted by Crippen LogP contribution is 2.26. The van der Waals surface area contributed by atoms with Gasteiger partial charge in [0.1, 0.15) is 0 Å². The number of allylic oxidation sites excluding steroid dienone is 2. The van der Waals surface area contributed by atoms with E-state index in [4.69, 9.17) is 0 Å². The Morgan fingerprint density at radius 2 is 0.698 bits per heavy atom. The molecule has 0 bridgehead atoms. The van der Waals surface area contributed by atoms with E-state index in [-0.39, 0.29) is 5.92 Å². The standard InChI is InChI=1S/C41H80O2/c1-4-7-10-13-15-17-18-19-20-21-22-24-27-32-37-40(41(42)43)38-33-28-31-36-39(34-29-25-12-9-6-3)35-30-26-23-16-14-11-8-5-2/h19-20,39-40H,4-18,21-38H2,1-3H3,(H,42,43)/b20-19-. The van der Waals surface area contributed by atoms with Gasteiger partial charge in [-0.1, -0.05) is 206 Å². The predicted octanol–water partition coefficient (Wildman–Crippen LogP) is 14.8. The van der Waals surface area contributed by atoms with Crippen molar-refractivity contribution >= 4 is 5.97 Å². The number of rotatable bonds is 36. The minimum Gasteiger partial charge on any atom is -0.481 e. The molecule has 43 heavy (non-hydrogen) atoms. The van der Waals surface area contributed by atoms with Gasteiger partial charge >= 0.3 is 5.97 Å². The molecule has 0 spiro atoms. The number of carboxylic acid groups (broad SMARTS) is 1. The lowest BCUT2D eigenvalue weighted by atomic mass is 9.88. The summed E-state index contributed by atoms with van der Waals surface area (Å²) in [7, 11) is 0. The van der Waals surface area contributed by atoms with Crippen LogP contribution in [0.1, 0.15) is 233 Å². The maximum Gasteiger partial charge on any atom is 0.306 e. The Morgan fingerprint density at radius 1 is 0.419 bits per heavy atom. The smallest absolute Gasteiger partial charge is 0.306 e. The van der Waals surface area contributed by atoms with E-state index in [9.17, 15) is 9.90 Å². The van der Waals surface area contributed by atoms with Gasteiger partial charge in [0.25, 0.3) is 0 Å². The molecule has 2 nitrogen and oxygen atoms in total. The average Bonchev–Trinajstić information content (AvgIpc) is 3.00. The van der Waals surface area contributed by atoms with Crippen LogP contribution >= 0.6 is 0 Å². The van der Waals surface area contributed by atoms with E-state index < -0.39 is 5.97 Å². The summed E-state index contributed by atoms with van der Waals surface area (Å²) >= 11 is 0. The van der Waals surface area contributed by atoms with Crippen molar-refractivity contribution in [2.45, 2.75) is 233 Å². The first kappa shape index (κ1) is 42.2. The molecule has 0 amide bonds. The Kier molecular flexibility index (Phi) is 35.0. The van der Waals surface area contributed by atoms with Crippen molar-refractivity contribution in [1.29, 1.82) is 0 Å². The topological polar surface area (TPSA) is 37.3 Å². The van der Waals surface area contributed by atoms with Gasteiger partial charge in [0, 0.05) is 0 Å². The maximum absolute atomic E-state index is 11.9. The summed E-state index contributed by atoms with van der Waals surface area (Å²) in [4.78, 5) is 11.9. The van der Waals surface area contributed by atoms with Crippen molar-refractivity contribution in [1.82, 2.24) is 0 Å². The van der Waals surface area contributed by atoms with Crippen LogP contribution in [0.3, 0.4) is 0 Å². The summed E-state index contributed by atoms with van der Waals surface area (Å²) in [5.41, 5.74) is 0. The summed E-state index contributed by atoms with van der Waals surface area (Å²) in [6.45, 7) is 6.88. The van der Waals surface area contributed by atoms with Gasteiger partial charge in [-0.05, 0) is 44.4 Å². The van der Waals surface area contributed by atoms with Crippen molar-refractivity contribution in [3.8, 4) is 0 Å². The Balaban J connectivity index is 4.00. The third kappa shape index (κ3) is 32.4. The summed E-state index contributed by atoms with van der Waals surface area (Å²) in [5, 5.41) is 9.77. The molecule has 0 heterocycles. The zero-order chi connectivity index (χ0) is 31.5. The highest BCUT2D eigenvalue weighted by atomic mass is 16.4. The molecule has 0 aromatic rings. The fraction of sp³-hybridized carbons (Fsp3) is 0.927. The maximum atomic E-state index is 11.9. The van der Waals surface area contributed by atoms with Gasteiger partial charge in [0.2, 0.25) is 0 Å². The monoisotopic (exact) mass is 605 g/mol. The van der Waals surface area contributed by atoms with E-state index in [1.165, 1.54) is 186 Å². The molecule has 0 saturated carbocycles. The molecule has 2 atom stereocenters. The summed E-state index contributed by atoms with van der Waals surface area (Å²) in [6, 6.07) is 0. The number of unbranched alkanes of at least 4 members (excludes halogenated alkanes) is 23. The largest absolute Gasteiger partial charge is 0.481 e. The normalized spacial score (nSPS) is 13.2. The van der Waals surface area contributed by atoms with E-state index >= 15 is 0 Å². The van der Waals surface area contributed by atoms with Gasteiger partial charge in [-0.15, -0.1) is 0 Å². The minimum atomic E-state index is -0.558. The second kappa shape index (κ2) is 35.7. The zero-order valence-corrected chi connectivity index (χ0v) is 30.0. The van der Waals surface area contributed by atoms with E-state index in [1.54, 1.807) is 0 Å². The van der Waals surface area contributed by atoms with Crippen molar-refractivity contribution in [2.24, 2.45) is 11.8 Å². The molecule has 0 aliphatic heterocycles. The molecule has 0 radical (unpaired) electrons. The first-order chi connectivity index (χ1) is 21.2. The predicted molar refractivity (Wildman–Crippen MR) is 193 cm³/mol. The molecule has 0 aromatic carbocycles. The molecule has 0 aliphatic rings. The van der Waals surface area contributed by atoms with Crippen molar-refractivity contribution in [3.63, 3.8) is 0 Å². The van der Waals surface area contributed by atoms with Crippen LogP contribution in [0.25, 0.3) is 0 Å². The van der Waals surface area contributed by atoms with E-state index in [0.717, 1.165) is 31.6 Å². The van der Waals surface area contributed by atoms with Crippen LogP contribution in [0.2, 0.25) is 0 Å². The Bertz CT molecular complexity index is 568. The summed E-state index contributed by atoms with van der Waals surface area (Å²) in [6.07, 6.45) is 48.1. The van der Waals surface area contributed by atoms with Crippen LogP contribution in [0.15, 0.2) is 12.2 Å². The van der Waals surface area contributed by atoms with E-state index in [1.807, 2.05) is 0 Å². The molecule has 0 aliphatic carbocycles. The van der Waals surface area contributed by atoms with Crippen LogP contribution in [-0.4, -0.2) is 11.1 Å². The van der Waals surface area contributed by atoms with Crippen LogP contribution in [-0.2, 0) is 4.79 Å². The van der Waals surface area contributed by atoms with Gasteiger partial charge < -0.3 is 5.11 Å². The van der Waals surface area contributed by atoms with Gasteiger partial charge in [-0.25, -0.2) is 0 Å². The fourth-order valence-corrected chi connectivity index (χ4v) is 6.71. The van der Waals surface area contributed by atoms with Gasteiger partial charge in [0.05, 0.1) is 5.92 Å². The third-order valence-electron chi connectivity index (χ3n) is 9.76. The van der Waals surface area contributed by atoms with Crippen molar-refractivity contribution < 1.29 is 9.90 Å². The number of carbonyl (C=O) groups is 1. The lowest BCUT2D eigenvalue weighted by molar-refractivity contribution is -0.142. The minimum absolute atomic E-state index is 0.121. The second-order valence-corrected chi connectivity index (χ2v) is 14.0. The van der Waals surface area contributed by atoms with Crippen LogP contribution in [0.5, 0.6) is 0 Å². The summed E-state index contributed by atoms with van der Waals surface area (Å²) in [5.74, 6) is 0.226. The first-order valence-corrected chi connectivity index (χ1v) is 20.0. The molecule has 0 aromatic heterocycles. The molecule has 2 heteroatoms. The first-order valence-electron chi connectivity index (χ1n) is 20.0. The molecule has 0 saturated heterocycles. The highest BCUT2D eigenvalue weighted by Gasteiger charge is 2.16. The van der Waals surface area contributed by atoms with Crippen LogP contribution < -0.4 is 0 Å². The molecular formula is C41H80O2. The Labute approximate surface area is 272 Å². The molecule has 256 valence electrons. The summed E-state index contributed by atoms with van der Waals surface area (Å²) < 4.78 is 0. The van der Waals surface area contributed by atoms with Gasteiger partial charge in [0.15, 0.2) is 0 Å². The van der Waals surface area contributed by atoms with E-state index in [2.05, 4.69) is 32.9 Å². The number of carboxylic acids is 1. The van der Waals surface area contributed by atoms with Crippen molar-refractivity contribution in [2.75, 3.05) is 0 Å². The molecule has 0 fully saturated rings. The lowest BCUT2D eigenvalue weighted by Crippen LogP contribution is -2.13. The molecule has 1 N–H and O–H groups in total. The number of aliphatic carboxylic acids is 1. The third-order valence-corrected chi connectivity index (χ3v) is 9.76. The van der Waals surface area contributed by atoms with Gasteiger partial charge in [-0.2, -0.15) is 0 Å². The van der Waals surface area contributed by atoms with Gasteiger partial charge in [-0.3, -0.25) is 4.79 Å². The number of hydrogen-bond acceptors (Lipinski definition) is 1. The van der Waals surface area contributed by atoms with Crippen molar-refractivity contribution in [3.05, 3.63) is 12.2 Å². The Morgan fingerprint density at radius 3 is 1.05 bits per heavy atom. The highest BCUT2D eigenvalue weighted by molar-refractivity contribution is 5.69. The van der Waals surface area contributed by atoms with E-state index in [0.29, 0.717) is 0 Å². The Hall–Kier alpha value is -0.790.